The molecule has 1 aromatic heterocycles. The standard InChI is InChI=1S/C22H23N3O/c26-22(21-12-11-17-7-3-4-10-20(17)24-21)23-15-18-8-1-2-9-19(18)16-25-13-5-6-14-25/h1-4,7-12H,5-6,13-16H2,(H,23,26). The van der Waals surface area contributed by atoms with Gasteiger partial charge in [0.05, 0.1) is 5.52 Å². The number of nitrogens with zero attached hydrogens (tertiary/aromatic N) is 2. The quantitative estimate of drug-likeness (QED) is 0.766. The summed E-state index contributed by atoms with van der Waals surface area (Å²) >= 11 is 0. The van der Waals surface area contributed by atoms with Crippen molar-refractivity contribution >= 4 is 16.8 Å². The van der Waals surface area contributed by atoms with E-state index in [1.807, 2.05) is 36.4 Å². The largest absolute Gasteiger partial charge is 0.347 e. The number of amides is 1. The molecular formula is C22H23N3O. The van der Waals surface area contributed by atoms with Crippen LogP contribution in [0.4, 0.5) is 0 Å². The van der Waals surface area contributed by atoms with Gasteiger partial charge in [-0.15, -0.1) is 0 Å². The second kappa shape index (κ2) is 7.67. The number of benzene rings is 2. The zero-order valence-corrected chi connectivity index (χ0v) is 14.8. The molecule has 132 valence electrons. The molecule has 1 N–H and O–H groups in total. The van der Waals surface area contributed by atoms with Gasteiger partial charge in [-0.3, -0.25) is 9.69 Å². The Morgan fingerprint density at radius 2 is 1.65 bits per heavy atom. The van der Waals surface area contributed by atoms with Crippen LogP contribution in [0, 0.1) is 0 Å². The highest BCUT2D eigenvalue weighted by Crippen LogP contribution is 2.16. The second-order valence-corrected chi connectivity index (χ2v) is 6.82. The van der Waals surface area contributed by atoms with Crippen molar-refractivity contribution in [3.05, 3.63) is 77.5 Å². The lowest BCUT2D eigenvalue weighted by Gasteiger charge is -2.17. The van der Waals surface area contributed by atoms with Crippen LogP contribution in [0.5, 0.6) is 0 Å². The van der Waals surface area contributed by atoms with E-state index in [9.17, 15) is 4.79 Å². The third-order valence-electron chi connectivity index (χ3n) is 4.98. The Kier molecular flexibility index (Phi) is 4.93. The summed E-state index contributed by atoms with van der Waals surface area (Å²) in [5.74, 6) is -0.133. The van der Waals surface area contributed by atoms with Gasteiger partial charge in [0.1, 0.15) is 5.69 Å². The van der Waals surface area contributed by atoms with E-state index in [0.717, 1.165) is 17.4 Å². The van der Waals surface area contributed by atoms with Crippen LogP contribution < -0.4 is 5.32 Å². The first-order valence-electron chi connectivity index (χ1n) is 9.23. The zero-order chi connectivity index (χ0) is 17.8. The van der Waals surface area contributed by atoms with Crippen LogP contribution in [0.1, 0.15) is 34.5 Å². The van der Waals surface area contributed by atoms with E-state index in [2.05, 4.69) is 33.4 Å². The van der Waals surface area contributed by atoms with Gasteiger partial charge < -0.3 is 5.32 Å². The van der Waals surface area contributed by atoms with Crippen LogP contribution >= 0.6 is 0 Å². The Morgan fingerprint density at radius 1 is 0.923 bits per heavy atom. The third kappa shape index (κ3) is 3.75. The minimum absolute atomic E-state index is 0.133. The lowest BCUT2D eigenvalue weighted by Crippen LogP contribution is -2.25. The molecule has 1 aliphatic rings. The minimum Gasteiger partial charge on any atom is -0.347 e. The van der Waals surface area contributed by atoms with Crippen molar-refractivity contribution in [2.45, 2.75) is 25.9 Å². The number of carbonyl (C=O) groups excluding carboxylic acids is 1. The SMILES string of the molecule is O=C(NCc1ccccc1CN1CCCC1)c1ccc2ccccc2n1. The first kappa shape index (κ1) is 16.7. The van der Waals surface area contributed by atoms with E-state index in [-0.39, 0.29) is 5.91 Å². The molecule has 0 aliphatic carbocycles. The third-order valence-corrected chi connectivity index (χ3v) is 4.98. The number of aromatic nitrogens is 1. The van der Waals surface area contributed by atoms with Gasteiger partial charge in [0, 0.05) is 18.5 Å². The molecular weight excluding hydrogens is 322 g/mol. The van der Waals surface area contributed by atoms with Gasteiger partial charge in [0.25, 0.3) is 5.91 Å². The van der Waals surface area contributed by atoms with Gasteiger partial charge >= 0.3 is 0 Å². The van der Waals surface area contributed by atoms with Crippen molar-refractivity contribution in [1.29, 1.82) is 0 Å². The van der Waals surface area contributed by atoms with Crippen molar-refractivity contribution in [3.8, 4) is 0 Å². The normalized spacial score (nSPS) is 14.6. The van der Waals surface area contributed by atoms with Crippen LogP contribution in [0.15, 0.2) is 60.7 Å². The number of rotatable bonds is 5. The number of nitrogens with one attached hydrogen (secondary N) is 1. The molecule has 1 fully saturated rings. The molecule has 4 heteroatoms. The number of pyridine rings is 1. The smallest absolute Gasteiger partial charge is 0.270 e. The summed E-state index contributed by atoms with van der Waals surface area (Å²) in [5, 5.41) is 4.07. The summed E-state index contributed by atoms with van der Waals surface area (Å²) < 4.78 is 0. The van der Waals surface area contributed by atoms with Crippen molar-refractivity contribution < 1.29 is 4.79 Å². The number of hydrogen-bond acceptors (Lipinski definition) is 3. The van der Waals surface area contributed by atoms with Crippen LogP contribution in [-0.4, -0.2) is 28.9 Å². The zero-order valence-electron chi connectivity index (χ0n) is 14.8. The lowest BCUT2D eigenvalue weighted by molar-refractivity contribution is 0.0946. The minimum atomic E-state index is -0.133. The average molecular weight is 345 g/mol. The monoisotopic (exact) mass is 345 g/mol. The predicted molar refractivity (Wildman–Crippen MR) is 104 cm³/mol. The summed E-state index contributed by atoms with van der Waals surface area (Å²) in [7, 11) is 0. The Balaban J connectivity index is 1.45. The number of hydrogen-bond donors (Lipinski definition) is 1. The van der Waals surface area contributed by atoms with E-state index in [1.165, 1.54) is 37.1 Å². The first-order chi connectivity index (χ1) is 12.8. The molecule has 1 amide bonds. The molecule has 26 heavy (non-hydrogen) atoms. The molecule has 3 aromatic rings. The topological polar surface area (TPSA) is 45.2 Å². The maximum absolute atomic E-state index is 12.5. The molecule has 1 aliphatic heterocycles. The number of fused-ring (bicyclic) bond motifs is 1. The van der Waals surface area contributed by atoms with Gasteiger partial charge in [-0.2, -0.15) is 0 Å². The van der Waals surface area contributed by atoms with E-state index in [4.69, 9.17) is 0 Å². The predicted octanol–water partition coefficient (Wildman–Crippen LogP) is 3.76. The van der Waals surface area contributed by atoms with Crippen molar-refractivity contribution in [3.63, 3.8) is 0 Å². The molecule has 0 bridgehead atoms. The molecule has 0 unspecified atom stereocenters. The van der Waals surface area contributed by atoms with Crippen LogP contribution in [0.25, 0.3) is 10.9 Å². The van der Waals surface area contributed by atoms with E-state index in [0.29, 0.717) is 12.2 Å². The van der Waals surface area contributed by atoms with Gasteiger partial charge in [-0.1, -0.05) is 48.5 Å². The molecule has 1 saturated heterocycles. The first-order valence-corrected chi connectivity index (χ1v) is 9.23. The van der Waals surface area contributed by atoms with Crippen molar-refractivity contribution in [2.24, 2.45) is 0 Å². The highest BCUT2D eigenvalue weighted by Gasteiger charge is 2.14. The summed E-state index contributed by atoms with van der Waals surface area (Å²) in [6, 6.07) is 19.9. The molecule has 0 radical (unpaired) electrons. The molecule has 2 aromatic carbocycles. The Hall–Kier alpha value is -2.72. The number of para-hydroxylation sites is 1. The number of carbonyl (C=O) groups is 1. The van der Waals surface area contributed by atoms with Crippen molar-refractivity contribution in [1.82, 2.24) is 15.2 Å². The second-order valence-electron chi connectivity index (χ2n) is 6.82. The molecule has 2 heterocycles. The van der Waals surface area contributed by atoms with Gasteiger partial charge in [-0.25, -0.2) is 4.98 Å². The fourth-order valence-corrected chi connectivity index (χ4v) is 3.52. The highest BCUT2D eigenvalue weighted by molar-refractivity contribution is 5.94. The summed E-state index contributed by atoms with van der Waals surface area (Å²) in [5.41, 5.74) is 3.77. The van der Waals surface area contributed by atoms with Crippen LogP contribution in [0.2, 0.25) is 0 Å². The van der Waals surface area contributed by atoms with E-state index in [1.54, 1.807) is 6.07 Å². The Morgan fingerprint density at radius 3 is 2.50 bits per heavy atom. The average Bonchev–Trinajstić information content (AvgIpc) is 3.20. The summed E-state index contributed by atoms with van der Waals surface area (Å²) in [6.07, 6.45) is 2.57. The maximum Gasteiger partial charge on any atom is 0.270 e. The summed E-state index contributed by atoms with van der Waals surface area (Å²) in [4.78, 5) is 19.5. The maximum atomic E-state index is 12.5. The Bertz CT molecular complexity index is 916. The number of likely N-dealkylation sites (tertiary alicyclic amines) is 1. The molecule has 4 nitrogen and oxygen atoms in total. The van der Waals surface area contributed by atoms with Crippen molar-refractivity contribution in [2.75, 3.05) is 13.1 Å². The lowest BCUT2D eigenvalue weighted by atomic mass is 10.1. The van der Waals surface area contributed by atoms with E-state index >= 15 is 0 Å². The van der Waals surface area contributed by atoms with Crippen LogP contribution in [-0.2, 0) is 13.1 Å². The highest BCUT2D eigenvalue weighted by atomic mass is 16.1. The summed E-state index contributed by atoms with van der Waals surface area (Å²) in [6.45, 7) is 3.82. The van der Waals surface area contributed by atoms with E-state index < -0.39 is 0 Å². The van der Waals surface area contributed by atoms with Gasteiger partial charge in [0.15, 0.2) is 0 Å². The molecule has 0 saturated carbocycles. The van der Waals surface area contributed by atoms with Gasteiger partial charge in [-0.05, 0) is 49.2 Å². The fraction of sp³-hybridized carbons (Fsp3) is 0.273. The fourth-order valence-electron chi connectivity index (χ4n) is 3.52. The molecule has 0 atom stereocenters. The van der Waals surface area contributed by atoms with Crippen LogP contribution in [0.3, 0.4) is 0 Å². The molecule has 4 rings (SSSR count). The Labute approximate surface area is 153 Å². The molecule has 0 spiro atoms. The van der Waals surface area contributed by atoms with Gasteiger partial charge in [0.2, 0.25) is 0 Å².